The van der Waals surface area contributed by atoms with Gasteiger partial charge in [-0.15, -0.1) is 0 Å². The van der Waals surface area contributed by atoms with Gasteiger partial charge < -0.3 is 9.64 Å². The van der Waals surface area contributed by atoms with Crippen LogP contribution in [0.15, 0.2) is 0 Å². The molecule has 1 aliphatic rings. The molecule has 0 saturated carbocycles. The number of rotatable bonds is 9. The van der Waals surface area contributed by atoms with E-state index in [0.717, 1.165) is 32.1 Å². The van der Waals surface area contributed by atoms with E-state index in [1.165, 1.54) is 0 Å². The number of hydrogen-bond acceptors (Lipinski definition) is 3. The molecule has 0 radical (unpaired) electrons. The third-order valence-electron chi connectivity index (χ3n) is 4.38. The molecule has 4 nitrogen and oxygen atoms in total. The summed E-state index contributed by atoms with van der Waals surface area (Å²) in [6, 6.07) is 0.184. The molecular formula is C16H32N2O2. The number of carbonyl (C=O) groups is 1. The van der Waals surface area contributed by atoms with Gasteiger partial charge in [0, 0.05) is 7.11 Å². The van der Waals surface area contributed by atoms with Gasteiger partial charge in [-0.2, -0.15) is 0 Å². The summed E-state index contributed by atoms with van der Waals surface area (Å²) >= 11 is 0. The summed E-state index contributed by atoms with van der Waals surface area (Å²) in [4.78, 5) is 14.9. The first-order valence-electron chi connectivity index (χ1n) is 8.17. The van der Waals surface area contributed by atoms with Crippen LogP contribution in [-0.2, 0) is 9.53 Å². The zero-order valence-electron chi connectivity index (χ0n) is 13.8. The average molecular weight is 284 g/mol. The van der Waals surface area contributed by atoms with E-state index in [-0.39, 0.29) is 24.2 Å². The fourth-order valence-corrected chi connectivity index (χ4v) is 3.08. The normalized spacial score (nSPS) is 26.1. The number of methoxy groups -OCH3 is 1. The lowest BCUT2D eigenvalue weighted by Crippen LogP contribution is -2.46. The highest BCUT2D eigenvalue weighted by atomic mass is 16.5. The van der Waals surface area contributed by atoms with Crippen LogP contribution < -0.4 is 5.32 Å². The number of ether oxygens (including phenoxy) is 1. The Labute approximate surface area is 124 Å². The van der Waals surface area contributed by atoms with Crippen LogP contribution in [0.25, 0.3) is 0 Å². The fourth-order valence-electron chi connectivity index (χ4n) is 3.08. The molecule has 4 heteroatoms. The van der Waals surface area contributed by atoms with Crippen LogP contribution in [0, 0.1) is 5.92 Å². The Morgan fingerprint density at radius 2 is 2.00 bits per heavy atom. The van der Waals surface area contributed by atoms with Crippen molar-refractivity contribution in [3.63, 3.8) is 0 Å². The van der Waals surface area contributed by atoms with Gasteiger partial charge in [0.2, 0.25) is 5.91 Å². The van der Waals surface area contributed by atoms with Crippen LogP contribution in [0.2, 0.25) is 0 Å². The quantitative estimate of drug-likeness (QED) is 0.708. The van der Waals surface area contributed by atoms with Crippen molar-refractivity contribution in [2.45, 2.75) is 78.0 Å². The third-order valence-corrected chi connectivity index (χ3v) is 4.38. The molecule has 4 unspecified atom stereocenters. The maximum atomic E-state index is 12.8. The first-order chi connectivity index (χ1) is 9.60. The van der Waals surface area contributed by atoms with Crippen molar-refractivity contribution in [2.75, 3.05) is 13.7 Å². The van der Waals surface area contributed by atoms with Gasteiger partial charge in [0.1, 0.15) is 0 Å². The van der Waals surface area contributed by atoms with Crippen molar-refractivity contribution in [1.82, 2.24) is 10.2 Å². The van der Waals surface area contributed by atoms with Gasteiger partial charge in [-0.1, -0.05) is 47.0 Å². The van der Waals surface area contributed by atoms with E-state index in [1.807, 2.05) is 0 Å². The largest absolute Gasteiger partial charge is 0.383 e. The highest BCUT2D eigenvalue weighted by Crippen LogP contribution is 2.25. The number of amides is 1. The highest BCUT2D eigenvalue weighted by Gasteiger charge is 2.43. The van der Waals surface area contributed by atoms with Gasteiger partial charge in [-0.25, -0.2) is 0 Å². The van der Waals surface area contributed by atoms with E-state index in [1.54, 1.807) is 7.11 Å². The second kappa shape index (κ2) is 8.63. The maximum Gasteiger partial charge on any atom is 0.241 e. The molecule has 1 fully saturated rings. The van der Waals surface area contributed by atoms with Gasteiger partial charge in [0.15, 0.2) is 0 Å². The first kappa shape index (κ1) is 17.4. The lowest BCUT2D eigenvalue weighted by atomic mass is 9.99. The summed E-state index contributed by atoms with van der Waals surface area (Å²) in [7, 11) is 1.72. The summed E-state index contributed by atoms with van der Waals surface area (Å²) in [6.45, 7) is 9.28. The standard InChI is InChI=1S/C16H32N2O2/c1-6-9-13(11-20-5)18-14(10-7-2)17-15(16(18)19)12(4)8-3/h12-15,17H,6-11H2,1-5H3. The molecule has 1 saturated heterocycles. The fraction of sp³-hybridized carbons (Fsp3) is 0.938. The molecule has 1 amide bonds. The molecule has 0 spiro atoms. The molecule has 0 aliphatic carbocycles. The predicted octanol–water partition coefficient (Wildman–Crippen LogP) is 2.77. The Hall–Kier alpha value is -0.610. The molecule has 1 aliphatic heterocycles. The minimum atomic E-state index is -0.0206. The summed E-state index contributed by atoms with van der Waals surface area (Å²) < 4.78 is 5.34. The summed E-state index contributed by atoms with van der Waals surface area (Å²) in [6.07, 6.45) is 5.39. The van der Waals surface area contributed by atoms with Gasteiger partial charge in [0.05, 0.1) is 24.9 Å². The number of nitrogens with zero attached hydrogens (tertiary/aromatic N) is 1. The van der Waals surface area contributed by atoms with E-state index in [0.29, 0.717) is 12.5 Å². The smallest absolute Gasteiger partial charge is 0.241 e. The van der Waals surface area contributed by atoms with Crippen LogP contribution in [0.3, 0.4) is 0 Å². The van der Waals surface area contributed by atoms with Crippen LogP contribution in [-0.4, -0.2) is 42.8 Å². The number of nitrogens with one attached hydrogen (secondary N) is 1. The van der Waals surface area contributed by atoms with E-state index in [9.17, 15) is 4.79 Å². The minimum Gasteiger partial charge on any atom is -0.383 e. The van der Waals surface area contributed by atoms with Crippen molar-refractivity contribution in [2.24, 2.45) is 5.92 Å². The number of carbonyl (C=O) groups excluding carboxylic acids is 1. The molecule has 0 bridgehead atoms. The van der Waals surface area contributed by atoms with Crippen LogP contribution in [0.5, 0.6) is 0 Å². The summed E-state index contributed by atoms with van der Waals surface area (Å²) in [5, 5.41) is 3.56. The number of hydrogen-bond donors (Lipinski definition) is 1. The Morgan fingerprint density at radius 3 is 2.50 bits per heavy atom. The predicted molar refractivity (Wildman–Crippen MR) is 82.5 cm³/mol. The van der Waals surface area contributed by atoms with Crippen LogP contribution in [0.4, 0.5) is 0 Å². The van der Waals surface area contributed by atoms with Crippen molar-refractivity contribution < 1.29 is 9.53 Å². The van der Waals surface area contributed by atoms with Crippen LogP contribution >= 0.6 is 0 Å². The molecule has 1 heterocycles. The van der Waals surface area contributed by atoms with Gasteiger partial charge in [0.25, 0.3) is 0 Å². The maximum absolute atomic E-state index is 12.8. The molecule has 4 atom stereocenters. The second-order valence-corrected chi connectivity index (χ2v) is 5.98. The highest BCUT2D eigenvalue weighted by molar-refractivity contribution is 5.85. The lowest BCUT2D eigenvalue weighted by molar-refractivity contribution is -0.134. The Balaban J connectivity index is 2.89. The molecular weight excluding hydrogens is 252 g/mol. The Kier molecular flexibility index (Phi) is 7.52. The topological polar surface area (TPSA) is 41.6 Å². The Morgan fingerprint density at radius 1 is 1.30 bits per heavy atom. The zero-order valence-corrected chi connectivity index (χ0v) is 13.8. The minimum absolute atomic E-state index is 0.0206. The van der Waals surface area contributed by atoms with Gasteiger partial charge >= 0.3 is 0 Å². The first-order valence-corrected chi connectivity index (χ1v) is 8.17. The molecule has 1 rings (SSSR count). The van der Waals surface area contributed by atoms with Crippen molar-refractivity contribution in [1.29, 1.82) is 0 Å². The summed E-state index contributed by atoms with van der Waals surface area (Å²) in [5.41, 5.74) is 0. The van der Waals surface area contributed by atoms with Crippen molar-refractivity contribution in [3.05, 3.63) is 0 Å². The van der Waals surface area contributed by atoms with E-state index < -0.39 is 0 Å². The Bertz CT molecular complexity index is 290. The van der Waals surface area contributed by atoms with Crippen molar-refractivity contribution >= 4 is 5.91 Å². The second-order valence-electron chi connectivity index (χ2n) is 5.98. The monoisotopic (exact) mass is 284 g/mol. The zero-order chi connectivity index (χ0) is 15.1. The van der Waals surface area contributed by atoms with Crippen LogP contribution in [0.1, 0.15) is 59.8 Å². The molecule has 0 aromatic carbocycles. The molecule has 0 aromatic rings. The third kappa shape index (κ3) is 3.95. The molecule has 1 N–H and O–H groups in total. The van der Waals surface area contributed by atoms with Crippen molar-refractivity contribution in [3.8, 4) is 0 Å². The van der Waals surface area contributed by atoms with E-state index in [4.69, 9.17) is 4.74 Å². The van der Waals surface area contributed by atoms with Gasteiger partial charge in [-0.3, -0.25) is 10.1 Å². The molecule has 0 aromatic heterocycles. The van der Waals surface area contributed by atoms with E-state index in [2.05, 4.69) is 37.9 Å². The van der Waals surface area contributed by atoms with Gasteiger partial charge in [-0.05, 0) is 18.8 Å². The SMILES string of the molecule is CCCC(COC)N1C(=O)C(C(C)CC)NC1CCC. The lowest BCUT2D eigenvalue weighted by Gasteiger charge is -2.32. The molecule has 118 valence electrons. The molecule has 20 heavy (non-hydrogen) atoms. The van der Waals surface area contributed by atoms with E-state index >= 15 is 0 Å². The average Bonchev–Trinajstić information content (AvgIpc) is 2.75. The summed E-state index contributed by atoms with van der Waals surface area (Å²) in [5.74, 6) is 0.657.